The Kier molecular flexibility index (Phi) is 4.36. The van der Waals surface area contributed by atoms with Gasteiger partial charge in [0.05, 0.1) is 12.1 Å². The third-order valence-electron chi connectivity index (χ3n) is 3.39. The molecule has 1 aliphatic heterocycles. The van der Waals surface area contributed by atoms with Crippen molar-refractivity contribution in [3.05, 3.63) is 0 Å². The Morgan fingerprint density at radius 3 is 2.82 bits per heavy atom. The van der Waals surface area contributed by atoms with Crippen LogP contribution in [0.3, 0.4) is 0 Å². The van der Waals surface area contributed by atoms with Gasteiger partial charge in [-0.15, -0.1) is 0 Å². The van der Waals surface area contributed by atoms with E-state index >= 15 is 0 Å². The number of ether oxygens (including phenoxy) is 1. The Morgan fingerprint density at radius 2 is 2.29 bits per heavy atom. The first-order chi connectivity index (χ1) is 8.15. The van der Waals surface area contributed by atoms with Crippen LogP contribution in [0.15, 0.2) is 0 Å². The lowest BCUT2D eigenvalue weighted by molar-refractivity contribution is -0.120. The van der Waals surface area contributed by atoms with Crippen LogP contribution in [0.5, 0.6) is 0 Å². The van der Waals surface area contributed by atoms with Gasteiger partial charge in [0.1, 0.15) is 0 Å². The van der Waals surface area contributed by atoms with Crippen LogP contribution in [0.1, 0.15) is 25.7 Å². The third-order valence-corrected chi connectivity index (χ3v) is 3.39. The van der Waals surface area contributed by atoms with E-state index in [2.05, 4.69) is 10.2 Å². The third kappa shape index (κ3) is 4.26. The van der Waals surface area contributed by atoms with Crippen LogP contribution < -0.4 is 11.1 Å². The summed E-state index contributed by atoms with van der Waals surface area (Å²) in [5.41, 5.74) is 5.41. The summed E-state index contributed by atoms with van der Waals surface area (Å²) in [5, 5.41) is 3.29. The second kappa shape index (κ2) is 5.80. The Labute approximate surface area is 103 Å². The van der Waals surface area contributed by atoms with Crippen molar-refractivity contribution < 1.29 is 9.53 Å². The molecule has 0 aromatic rings. The fourth-order valence-corrected chi connectivity index (χ4v) is 2.28. The molecular weight excluding hydrogens is 218 g/mol. The minimum absolute atomic E-state index is 0.228. The number of nitrogens with zero attached hydrogens (tertiary/aromatic N) is 1. The smallest absolute Gasteiger partial charge is 0.235 e. The zero-order valence-corrected chi connectivity index (χ0v) is 10.5. The van der Waals surface area contributed by atoms with Crippen LogP contribution in [0.4, 0.5) is 0 Å². The maximum Gasteiger partial charge on any atom is 0.235 e. The van der Waals surface area contributed by atoms with Gasteiger partial charge < -0.3 is 20.7 Å². The van der Waals surface area contributed by atoms with Crippen molar-refractivity contribution in [1.82, 2.24) is 10.2 Å². The number of carbonyl (C=O) groups is 1. The Bertz CT molecular complexity index is 262. The molecule has 1 amide bonds. The van der Waals surface area contributed by atoms with Gasteiger partial charge in [0, 0.05) is 25.7 Å². The molecule has 2 fully saturated rings. The maximum atomic E-state index is 11.3. The molecule has 1 aliphatic carbocycles. The van der Waals surface area contributed by atoms with E-state index in [0.29, 0.717) is 18.7 Å². The number of primary amides is 1. The van der Waals surface area contributed by atoms with E-state index in [-0.39, 0.29) is 11.9 Å². The molecule has 5 heteroatoms. The standard InChI is InChI=1S/C12H23N3O2/c1-15(7-10-3-2-6-17-10)8-11(12(13)16)14-9-4-5-9/h9-11,14H,2-8H2,1H3,(H2,13,16). The van der Waals surface area contributed by atoms with Gasteiger partial charge in [0.25, 0.3) is 0 Å². The van der Waals surface area contributed by atoms with Gasteiger partial charge in [-0.1, -0.05) is 0 Å². The van der Waals surface area contributed by atoms with Gasteiger partial charge in [0.15, 0.2) is 0 Å². The molecule has 0 radical (unpaired) electrons. The van der Waals surface area contributed by atoms with Gasteiger partial charge in [-0.3, -0.25) is 4.79 Å². The average molecular weight is 241 g/mol. The van der Waals surface area contributed by atoms with Crippen molar-refractivity contribution in [2.45, 2.75) is 43.9 Å². The van der Waals surface area contributed by atoms with Crippen LogP contribution in [0.25, 0.3) is 0 Å². The molecule has 2 unspecified atom stereocenters. The summed E-state index contributed by atoms with van der Waals surface area (Å²) in [7, 11) is 2.02. The van der Waals surface area contributed by atoms with Crippen LogP contribution in [0, 0.1) is 0 Å². The largest absolute Gasteiger partial charge is 0.377 e. The maximum absolute atomic E-state index is 11.3. The summed E-state index contributed by atoms with van der Waals surface area (Å²) < 4.78 is 5.58. The summed E-state index contributed by atoms with van der Waals surface area (Å²) in [6.45, 7) is 2.43. The molecule has 0 bridgehead atoms. The van der Waals surface area contributed by atoms with E-state index in [1.807, 2.05) is 7.05 Å². The first-order valence-electron chi connectivity index (χ1n) is 6.50. The predicted molar refractivity (Wildman–Crippen MR) is 65.6 cm³/mol. The monoisotopic (exact) mass is 241 g/mol. The van der Waals surface area contributed by atoms with Gasteiger partial charge in [-0.05, 0) is 32.7 Å². The Morgan fingerprint density at radius 1 is 1.53 bits per heavy atom. The molecule has 1 saturated carbocycles. The summed E-state index contributed by atoms with van der Waals surface area (Å²) in [6.07, 6.45) is 4.94. The first-order valence-corrected chi connectivity index (χ1v) is 6.50. The number of amides is 1. The minimum Gasteiger partial charge on any atom is -0.377 e. The topological polar surface area (TPSA) is 67.6 Å². The lowest BCUT2D eigenvalue weighted by atomic mass is 10.2. The SMILES string of the molecule is CN(CC1CCCO1)CC(NC1CC1)C(N)=O. The van der Waals surface area contributed by atoms with Gasteiger partial charge >= 0.3 is 0 Å². The minimum atomic E-state index is -0.254. The van der Waals surface area contributed by atoms with Crippen molar-refractivity contribution in [2.75, 3.05) is 26.7 Å². The molecule has 0 aromatic carbocycles. The number of nitrogens with two attached hydrogens (primary N) is 1. The molecule has 98 valence electrons. The highest BCUT2D eigenvalue weighted by molar-refractivity contribution is 5.80. The van der Waals surface area contributed by atoms with E-state index in [4.69, 9.17) is 10.5 Å². The number of hydrogen-bond acceptors (Lipinski definition) is 4. The number of hydrogen-bond donors (Lipinski definition) is 2. The molecule has 1 heterocycles. The van der Waals surface area contributed by atoms with E-state index in [0.717, 1.165) is 26.0 Å². The number of likely N-dealkylation sites (N-methyl/N-ethyl adjacent to an activating group) is 1. The molecular formula is C12H23N3O2. The molecule has 0 aromatic heterocycles. The highest BCUT2D eigenvalue weighted by Crippen LogP contribution is 2.19. The number of rotatable bonds is 7. The average Bonchev–Trinajstić information content (AvgIpc) is 2.93. The van der Waals surface area contributed by atoms with Gasteiger partial charge in [0.2, 0.25) is 5.91 Å². The first kappa shape index (κ1) is 12.8. The van der Waals surface area contributed by atoms with Gasteiger partial charge in [-0.2, -0.15) is 0 Å². The van der Waals surface area contributed by atoms with E-state index in [1.54, 1.807) is 0 Å². The van der Waals surface area contributed by atoms with Crippen molar-refractivity contribution in [3.8, 4) is 0 Å². The molecule has 2 rings (SSSR count). The summed E-state index contributed by atoms with van der Waals surface area (Å²) in [6, 6.07) is 0.275. The number of nitrogens with one attached hydrogen (secondary N) is 1. The lowest BCUT2D eigenvalue weighted by Gasteiger charge is -2.25. The molecule has 2 aliphatic rings. The number of carbonyl (C=O) groups excluding carboxylic acids is 1. The molecule has 3 N–H and O–H groups in total. The van der Waals surface area contributed by atoms with E-state index in [1.165, 1.54) is 12.8 Å². The molecule has 2 atom stereocenters. The van der Waals surface area contributed by atoms with Crippen LogP contribution in [-0.4, -0.2) is 55.7 Å². The zero-order chi connectivity index (χ0) is 12.3. The summed E-state index contributed by atoms with van der Waals surface area (Å²) in [4.78, 5) is 13.5. The van der Waals surface area contributed by atoms with Crippen molar-refractivity contribution >= 4 is 5.91 Å². The lowest BCUT2D eigenvalue weighted by Crippen LogP contribution is -2.50. The Hall–Kier alpha value is -0.650. The van der Waals surface area contributed by atoms with Crippen LogP contribution >= 0.6 is 0 Å². The van der Waals surface area contributed by atoms with Crippen molar-refractivity contribution in [3.63, 3.8) is 0 Å². The normalized spacial score (nSPS) is 26.4. The fraction of sp³-hybridized carbons (Fsp3) is 0.917. The van der Waals surface area contributed by atoms with Gasteiger partial charge in [-0.25, -0.2) is 0 Å². The molecule has 17 heavy (non-hydrogen) atoms. The van der Waals surface area contributed by atoms with Crippen LogP contribution in [0.2, 0.25) is 0 Å². The van der Waals surface area contributed by atoms with Crippen molar-refractivity contribution in [2.24, 2.45) is 5.73 Å². The summed E-state index contributed by atoms with van der Waals surface area (Å²) >= 11 is 0. The molecule has 0 spiro atoms. The van der Waals surface area contributed by atoms with Crippen LogP contribution in [-0.2, 0) is 9.53 Å². The second-order valence-electron chi connectivity index (χ2n) is 5.25. The van der Waals surface area contributed by atoms with E-state index < -0.39 is 0 Å². The highest BCUT2D eigenvalue weighted by atomic mass is 16.5. The quantitative estimate of drug-likeness (QED) is 0.642. The fourth-order valence-electron chi connectivity index (χ4n) is 2.28. The van der Waals surface area contributed by atoms with E-state index in [9.17, 15) is 4.79 Å². The molecule has 1 saturated heterocycles. The second-order valence-corrected chi connectivity index (χ2v) is 5.25. The van der Waals surface area contributed by atoms with Crippen molar-refractivity contribution in [1.29, 1.82) is 0 Å². The predicted octanol–water partition coefficient (Wildman–Crippen LogP) is -0.297. The summed E-state index contributed by atoms with van der Waals surface area (Å²) in [5.74, 6) is -0.254. The zero-order valence-electron chi connectivity index (χ0n) is 10.5. The molecule has 5 nitrogen and oxygen atoms in total. The Balaban J connectivity index is 1.73. The highest BCUT2D eigenvalue weighted by Gasteiger charge is 2.28.